The summed E-state index contributed by atoms with van der Waals surface area (Å²) in [5, 5.41) is 5.71. The lowest BCUT2D eigenvalue weighted by Gasteiger charge is -2.24. The molecule has 1 amide bonds. The maximum atomic E-state index is 13.0. The minimum absolute atomic E-state index is 0.0454. The van der Waals surface area contributed by atoms with Gasteiger partial charge in [0.05, 0.1) is 5.92 Å². The van der Waals surface area contributed by atoms with Crippen molar-refractivity contribution in [1.29, 1.82) is 0 Å². The van der Waals surface area contributed by atoms with Crippen LogP contribution in [-0.2, 0) is 14.8 Å². The molecule has 1 aliphatic rings. The SMILES string of the molecule is Cc1noc(C)c1S(=O)(=O)N1CCCN(C(=O)C(C)c2cccs2)CC1. The molecule has 7 nitrogen and oxygen atoms in total. The molecule has 0 N–H and O–H groups in total. The zero-order valence-corrected chi connectivity index (χ0v) is 16.8. The Morgan fingerprint density at radius 1 is 1.27 bits per heavy atom. The van der Waals surface area contributed by atoms with Gasteiger partial charge >= 0.3 is 0 Å². The molecule has 2 aromatic rings. The van der Waals surface area contributed by atoms with Gasteiger partial charge in [0.15, 0.2) is 5.76 Å². The van der Waals surface area contributed by atoms with Crippen molar-refractivity contribution in [3.05, 3.63) is 33.8 Å². The van der Waals surface area contributed by atoms with E-state index < -0.39 is 10.0 Å². The number of carbonyl (C=O) groups excluding carboxylic acids is 1. The molecule has 26 heavy (non-hydrogen) atoms. The number of thiophene rings is 1. The lowest BCUT2D eigenvalue weighted by molar-refractivity contribution is -0.132. The normalized spacial score (nSPS) is 17.9. The van der Waals surface area contributed by atoms with Crippen LogP contribution in [0.4, 0.5) is 0 Å². The number of aryl methyl sites for hydroxylation is 2. The highest BCUT2D eigenvalue weighted by molar-refractivity contribution is 7.89. The predicted octanol–water partition coefficient (Wildman–Crippen LogP) is 2.38. The third-order valence-electron chi connectivity index (χ3n) is 4.67. The number of aromatic nitrogens is 1. The van der Waals surface area contributed by atoms with Crippen molar-refractivity contribution in [3.8, 4) is 0 Å². The van der Waals surface area contributed by atoms with Crippen LogP contribution in [0.2, 0.25) is 0 Å². The summed E-state index contributed by atoms with van der Waals surface area (Å²) in [5.41, 5.74) is 0.367. The zero-order chi connectivity index (χ0) is 18.9. The highest BCUT2D eigenvalue weighted by atomic mass is 32.2. The number of carbonyl (C=O) groups is 1. The van der Waals surface area contributed by atoms with Crippen molar-refractivity contribution in [2.45, 2.75) is 38.0 Å². The van der Waals surface area contributed by atoms with Gasteiger partial charge in [0.25, 0.3) is 0 Å². The molecule has 3 heterocycles. The minimum atomic E-state index is -3.67. The molecule has 0 aromatic carbocycles. The summed E-state index contributed by atoms with van der Waals surface area (Å²) in [6, 6.07) is 3.89. The van der Waals surface area contributed by atoms with Gasteiger partial charge in [0.2, 0.25) is 15.9 Å². The molecule has 142 valence electrons. The van der Waals surface area contributed by atoms with Gasteiger partial charge in [-0.2, -0.15) is 4.31 Å². The Hall–Kier alpha value is -1.71. The van der Waals surface area contributed by atoms with E-state index in [-0.39, 0.29) is 23.3 Å². The molecule has 9 heteroatoms. The van der Waals surface area contributed by atoms with Gasteiger partial charge < -0.3 is 9.42 Å². The van der Waals surface area contributed by atoms with E-state index in [2.05, 4.69) is 5.16 Å². The maximum absolute atomic E-state index is 13.0. The maximum Gasteiger partial charge on any atom is 0.248 e. The number of amides is 1. The number of hydrogen-bond acceptors (Lipinski definition) is 6. The second-order valence-corrected chi connectivity index (χ2v) is 9.33. The molecule has 1 saturated heterocycles. The van der Waals surface area contributed by atoms with E-state index in [1.807, 2.05) is 24.4 Å². The molecule has 0 aliphatic carbocycles. The average Bonchev–Trinajstić information content (AvgIpc) is 3.17. The first-order chi connectivity index (χ1) is 12.3. The fourth-order valence-corrected chi connectivity index (χ4v) is 5.80. The van der Waals surface area contributed by atoms with Gasteiger partial charge in [0.1, 0.15) is 10.6 Å². The molecular formula is C17H23N3O4S2. The molecule has 0 spiro atoms. The largest absolute Gasteiger partial charge is 0.360 e. The van der Waals surface area contributed by atoms with E-state index in [0.717, 1.165) is 4.88 Å². The van der Waals surface area contributed by atoms with E-state index in [1.54, 1.807) is 30.1 Å². The molecule has 3 rings (SSSR count). The van der Waals surface area contributed by atoms with Crippen LogP contribution in [-0.4, -0.2) is 54.9 Å². The van der Waals surface area contributed by atoms with Crippen LogP contribution in [0.25, 0.3) is 0 Å². The van der Waals surface area contributed by atoms with Crippen LogP contribution < -0.4 is 0 Å². The standard InChI is InChI=1S/C17H23N3O4S2/c1-12(15-6-4-11-25-15)17(21)19-7-5-8-20(10-9-19)26(22,23)16-13(2)18-24-14(16)3/h4,6,11-12H,5,7-10H2,1-3H3. The molecule has 2 aromatic heterocycles. The van der Waals surface area contributed by atoms with Gasteiger partial charge in [-0.3, -0.25) is 4.79 Å². The Bertz CT molecular complexity index is 854. The van der Waals surface area contributed by atoms with E-state index in [0.29, 0.717) is 37.5 Å². The second kappa shape index (κ2) is 7.50. The van der Waals surface area contributed by atoms with E-state index in [9.17, 15) is 13.2 Å². The smallest absolute Gasteiger partial charge is 0.248 e. The topological polar surface area (TPSA) is 83.7 Å². The third-order valence-corrected chi connectivity index (χ3v) is 7.87. The van der Waals surface area contributed by atoms with Crippen molar-refractivity contribution in [3.63, 3.8) is 0 Å². The van der Waals surface area contributed by atoms with Gasteiger partial charge in [0, 0.05) is 31.1 Å². The van der Waals surface area contributed by atoms with Crippen LogP contribution in [0.15, 0.2) is 26.9 Å². The van der Waals surface area contributed by atoms with Crippen LogP contribution in [0, 0.1) is 13.8 Å². The summed E-state index contributed by atoms with van der Waals surface area (Å²) in [7, 11) is -3.67. The first kappa shape index (κ1) is 19.1. The van der Waals surface area contributed by atoms with Crippen molar-refractivity contribution in [1.82, 2.24) is 14.4 Å². The number of hydrogen-bond donors (Lipinski definition) is 0. The molecule has 0 bridgehead atoms. The van der Waals surface area contributed by atoms with Crippen molar-refractivity contribution >= 4 is 27.3 Å². The average molecular weight is 398 g/mol. The highest BCUT2D eigenvalue weighted by Crippen LogP contribution is 2.26. The third kappa shape index (κ3) is 3.56. The van der Waals surface area contributed by atoms with Crippen LogP contribution in [0.5, 0.6) is 0 Å². The van der Waals surface area contributed by atoms with Gasteiger partial charge in [-0.25, -0.2) is 8.42 Å². The highest BCUT2D eigenvalue weighted by Gasteiger charge is 2.33. The summed E-state index contributed by atoms with van der Waals surface area (Å²) >= 11 is 1.56. The fraction of sp³-hybridized carbons (Fsp3) is 0.529. The van der Waals surface area contributed by atoms with Gasteiger partial charge in [-0.15, -0.1) is 11.3 Å². The van der Waals surface area contributed by atoms with E-state index in [4.69, 9.17) is 4.52 Å². The summed E-state index contributed by atoms with van der Waals surface area (Å²) < 4.78 is 32.4. The van der Waals surface area contributed by atoms with Crippen molar-refractivity contribution in [2.24, 2.45) is 0 Å². The first-order valence-electron chi connectivity index (χ1n) is 8.57. The molecule has 0 saturated carbocycles. The second-order valence-electron chi connectivity index (χ2n) is 6.47. The summed E-state index contributed by atoms with van der Waals surface area (Å²) in [5.74, 6) is 0.135. The lowest BCUT2D eigenvalue weighted by Crippen LogP contribution is -2.39. The van der Waals surface area contributed by atoms with Crippen LogP contribution in [0.3, 0.4) is 0 Å². The Kier molecular flexibility index (Phi) is 5.50. The number of nitrogens with zero attached hydrogens (tertiary/aromatic N) is 3. The van der Waals surface area contributed by atoms with Gasteiger partial charge in [-0.05, 0) is 38.6 Å². The van der Waals surface area contributed by atoms with E-state index in [1.165, 1.54) is 4.31 Å². The Morgan fingerprint density at radius 3 is 2.65 bits per heavy atom. The quantitative estimate of drug-likeness (QED) is 0.791. The fourth-order valence-electron chi connectivity index (χ4n) is 3.26. The minimum Gasteiger partial charge on any atom is -0.360 e. The summed E-state index contributed by atoms with van der Waals surface area (Å²) in [6.45, 7) is 6.72. The van der Waals surface area contributed by atoms with Crippen molar-refractivity contribution < 1.29 is 17.7 Å². The number of rotatable bonds is 4. The molecule has 1 fully saturated rings. The lowest BCUT2D eigenvalue weighted by atomic mass is 10.1. The Labute approximate surface area is 157 Å². The van der Waals surface area contributed by atoms with Crippen molar-refractivity contribution in [2.75, 3.05) is 26.2 Å². The predicted molar refractivity (Wildman–Crippen MR) is 98.7 cm³/mol. The van der Waals surface area contributed by atoms with E-state index >= 15 is 0 Å². The zero-order valence-electron chi connectivity index (χ0n) is 15.1. The molecule has 1 atom stereocenters. The first-order valence-corrected chi connectivity index (χ1v) is 10.9. The number of sulfonamides is 1. The Morgan fingerprint density at radius 2 is 2.04 bits per heavy atom. The Balaban J connectivity index is 1.73. The summed E-state index contributed by atoms with van der Waals surface area (Å²) in [4.78, 5) is 15.7. The summed E-state index contributed by atoms with van der Waals surface area (Å²) in [6.07, 6.45) is 0.603. The van der Waals surface area contributed by atoms with Crippen LogP contribution in [0.1, 0.15) is 35.6 Å². The van der Waals surface area contributed by atoms with Crippen LogP contribution >= 0.6 is 11.3 Å². The molecule has 0 radical (unpaired) electrons. The molecule has 1 unspecified atom stereocenters. The molecule has 1 aliphatic heterocycles. The molecular weight excluding hydrogens is 374 g/mol. The van der Waals surface area contributed by atoms with Gasteiger partial charge in [-0.1, -0.05) is 11.2 Å². The monoisotopic (exact) mass is 397 g/mol.